The van der Waals surface area contributed by atoms with Gasteiger partial charge < -0.3 is 4.74 Å². The predicted molar refractivity (Wildman–Crippen MR) is 43.0 cm³/mol. The quantitative estimate of drug-likeness (QED) is 0.509. The Morgan fingerprint density at radius 3 is 3.00 bits per heavy atom. The van der Waals surface area contributed by atoms with E-state index in [1.807, 2.05) is 6.92 Å². The van der Waals surface area contributed by atoms with Crippen LogP contribution in [0.3, 0.4) is 0 Å². The maximum atomic E-state index is 5.12. The van der Waals surface area contributed by atoms with Crippen molar-refractivity contribution < 1.29 is 4.74 Å². The van der Waals surface area contributed by atoms with Gasteiger partial charge in [0.1, 0.15) is 11.6 Å². The Kier molecular flexibility index (Phi) is 3.21. The zero-order valence-electron chi connectivity index (χ0n) is 6.20. The molecule has 62 valence electrons. The summed E-state index contributed by atoms with van der Waals surface area (Å²) in [4.78, 5) is 0. The van der Waals surface area contributed by atoms with E-state index in [0.29, 0.717) is 18.3 Å². The number of nitrogens with one attached hydrogen (secondary N) is 1. The number of nitrogens with two attached hydrogens (primary N) is 1. The van der Waals surface area contributed by atoms with Gasteiger partial charge >= 0.3 is 0 Å². The number of aromatic nitrogens is 2. The Balaban J connectivity index is 2.44. The van der Waals surface area contributed by atoms with E-state index in [9.17, 15) is 0 Å². The molecule has 0 aliphatic carbocycles. The Labute approximate surface area is 68.5 Å². The van der Waals surface area contributed by atoms with Gasteiger partial charge in [0.15, 0.2) is 0 Å². The standard InChI is InChI=1S/C5H10N4OS/c1-2-10-3-4-8-9-5(7-6)11-4/h2-3,6H2,1H3,(H,7,9). The first-order chi connectivity index (χ1) is 5.36. The van der Waals surface area contributed by atoms with Crippen LogP contribution < -0.4 is 11.3 Å². The summed E-state index contributed by atoms with van der Waals surface area (Å²) in [6, 6.07) is 0. The van der Waals surface area contributed by atoms with E-state index < -0.39 is 0 Å². The summed E-state index contributed by atoms with van der Waals surface area (Å²) >= 11 is 1.39. The van der Waals surface area contributed by atoms with Gasteiger partial charge in [0.25, 0.3) is 0 Å². The molecule has 0 saturated heterocycles. The minimum atomic E-state index is 0.510. The molecule has 0 radical (unpaired) electrons. The lowest BCUT2D eigenvalue weighted by atomic mass is 10.7. The summed E-state index contributed by atoms with van der Waals surface area (Å²) in [7, 11) is 0. The fraction of sp³-hybridized carbons (Fsp3) is 0.600. The normalized spacial score (nSPS) is 10.0. The molecular weight excluding hydrogens is 164 g/mol. The topological polar surface area (TPSA) is 73.1 Å². The molecule has 0 amide bonds. The minimum Gasteiger partial charge on any atom is -0.374 e. The van der Waals surface area contributed by atoms with Crippen molar-refractivity contribution in [3.63, 3.8) is 0 Å². The number of anilines is 1. The van der Waals surface area contributed by atoms with Gasteiger partial charge in [0.05, 0.1) is 0 Å². The van der Waals surface area contributed by atoms with Gasteiger partial charge in [-0.3, -0.25) is 5.43 Å². The third-order valence-corrected chi connectivity index (χ3v) is 1.85. The lowest BCUT2D eigenvalue weighted by Crippen LogP contribution is -2.05. The van der Waals surface area contributed by atoms with Crippen LogP contribution in [0.5, 0.6) is 0 Å². The average Bonchev–Trinajstić information content (AvgIpc) is 2.48. The van der Waals surface area contributed by atoms with Gasteiger partial charge in [-0.1, -0.05) is 11.3 Å². The molecule has 1 heterocycles. The summed E-state index contributed by atoms with van der Waals surface area (Å²) in [6.45, 7) is 3.13. The van der Waals surface area contributed by atoms with Crippen molar-refractivity contribution >= 4 is 16.5 Å². The number of hydrogen-bond donors (Lipinski definition) is 2. The molecule has 0 unspecified atom stereocenters. The van der Waals surface area contributed by atoms with Gasteiger partial charge in [-0.25, -0.2) is 5.84 Å². The monoisotopic (exact) mass is 174 g/mol. The Bertz CT molecular complexity index is 214. The number of ether oxygens (including phenoxy) is 1. The lowest BCUT2D eigenvalue weighted by molar-refractivity contribution is 0.133. The number of rotatable bonds is 4. The molecule has 11 heavy (non-hydrogen) atoms. The third-order valence-electron chi connectivity index (χ3n) is 1.02. The lowest BCUT2D eigenvalue weighted by Gasteiger charge is -1.92. The van der Waals surface area contributed by atoms with Gasteiger partial charge in [-0.15, -0.1) is 10.2 Å². The highest BCUT2D eigenvalue weighted by Gasteiger charge is 2.00. The van der Waals surface area contributed by atoms with Crippen molar-refractivity contribution in [3.8, 4) is 0 Å². The van der Waals surface area contributed by atoms with E-state index in [2.05, 4.69) is 15.6 Å². The van der Waals surface area contributed by atoms with Gasteiger partial charge in [0.2, 0.25) is 5.13 Å². The van der Waals surface area contributed by atoms with E-state index in [-0.39, 0.29) is 0 Å². The van der Waals surface area contributed by atoms with E-state index in [1.54, 1.807) is 0 Å². The molecule has 3 N–H and O–H groups in total. The smallest absolute Gasteiger partial charge is 0.219 e. The summed E-state index contributed by atoms with van der Waals surface area (Å²) in [6.07, 6.45) is 0. The molecule has 1 rings (SSSR count). The van der Waals surface area contributed by atoms with Crippen molar-refractivity contribution in [2.75, 3.05) is 12.0 Å². The van der Waals surface area contributed by atoms with Crippen LogP contribution >= 0.6 is 11.3 Å². The molecule has 0 aliphatic heterocycles. The van der Waals surface area contributed by atoms with E-state index in [0.717, 1.165) is 5.01 Å². The molecule has 1 aromatic heterocycles. The van der Waals surface area contributed by atoms with Crippen molar-refractivity contribution in [1.82, 2.24) is 10.2 Å². The summed E-state index contributed by atoms with van der Waals surface area (Å²) in [5.74, 6) is 5.11. The number of nitrogen functional groups attached to an aromatic ring is 1. The van der Waals surface area contributed by atoms with Gasteiger partial charge in [0, 0.05) is 6.61 Å². The molecule has 1 aromatic rings. The highest BCUT2D eigenvalue weighted by atomic mass is 32.1. The number of hydrazine groups is 1. The molecule has 0 bridgehead atoms. The van der Waals surface area contributed by atoms with E-state index in [4.69, 9.17) is 10.6 Å². The molecule has 6 heteroatoms. The zero-order valence-corrected chi connectivity index (χ0v) is 7.02. The number of nitrogens with zero attached hydrogens (tertiary/aromatic N) is 2. The van der Waals surface area contributed by atoms with Crippen LogP contribution in [-0.2, 0) is 11.3 Å². The molecule has 0 fully saturated rings. The van der Waals surface area contributed by atoms with Crippen LogP contribution in [0, 0.1) is 0 Å². The summed E-state index contributed by atoms with van der Waals surface area (Å²) < 4.78 is 5.12. The Morgan fingerprint density at radius 2 is 2.45 bits per heavy atom. The molecule has 0 saturated carbocycles. The van der Waals surface area contributed by atoms with Crippen LogP contribution in [-0.4, -0.2) is 16.8 Å². The van der Waals surface area contributed by atoms with Crippen LogP contribution in [0.25, 0.3) is 0 Å². The fourth-order valence-corrected chi connectivity index (χ4v) is 1.15. The maximum Gasteiger partial charge on any atom is 0.219 e. The van der Waals surface area contributed by atoms with E-state index in [1.165, 1.54) is 11.3 Å². The first-order valence-electron chi connectivity index (χ1n) is 3.23. The van der Waals surface area contributed by atoms with Crippen LogP contribution in [0.2, 0.25) is 0 Å². The van der Waals surface area contributed by atoms with Crippen molar-refractivity contribution in [1.29, 1.82) is 0 Å². The Hall–Kier alpha value is -0.720. The molecular formula is C5H10N4OS. The molecule has 0 spiro atoms. The van der Waals surface area contributed by atoms with Crippen LogP contribution in [0.15, 0.2) is 0 Å². The second-order valence-electron chi connectivity index (χ2n) is 1.78. The van der Waals surface area contributed by atoms with Crippen molar-refractivity contribution in [2.24, 2.45) is 5.84 Å². The SMILES string of the molecule is CCOCc1nnc(NN)s1. The van der Waals surface area contributed by atoms with Gasteiger partial charge in [-0.05, 0) is 6.92 Å². The minimum absolute atomic E-state index is 0.510. The molecule has 0 aliphatic rings. The second kappa shape index (κ2) is 4.22. The molecule has 5 nitrogen and oxygen atoms in total. The number of hydrogen-bond acceptors (Lipinski definition) is 6. The fourth-order valence-electron chi connectivity index (χ4n) is 0.560. The second-order valence-corrected chi connectivity index (χ2v) is 2.84. The first kappa shape index (κ1) is 8.38. The van der Waals surface area contributed by atoms with Crippen molar-refractivity contribution in [2.45, 2.75) is 13.5 Å². The highest BCUT2D eigenvalue weighted by Crippen LogP contribution is 2.13. The predicted octanol–water partition coefficient (Wildman–Crippen LogP) is 0.360. The molecule has 0 atom stereocenters. The first-order valence-corrected chi connectivity index (χ1v) is 4.05. The largest absolute Gasteiger partial charge is 0.374 e. The van der Waals surface area contributed by atoms with Crippen molar-refractivity contribution in [3.05, 3.63) is 5.01 Å². The third kappa shape index (κ3) is 2.41. The van der Waals surface area contributed by atoms with Crippen LogP contribution in [0.4, 0.5) is 5.13 Å². The highest BCUT2D eigenvalue weighted by molar-refractivity contribution is 7.15. The zero-order chi connectivity index (χ0) is 8.10. The summed E-state index contributed by atoms with van der Waals surface area (Å²) in [5, 5.41) is 9.01. The van der Waals surface area contributed by atoms with E-state index >= 15 is 0 Å². The maximum absolute atomic E-state index is 5.12. The Morgan fingerprint density at radius 1 is 1.64 bits per heavy atom. The average molecular weight is 174 g/mol. The van der Waals surface area contributed by atoms with Gasteiger partial charge in [-0.2, -0.15) is 0 Å². The van der Waals surface area contributed by atoms with Crippen LogP contribution in [0.1, 0.15) is 11.9 Å². The summed E-state index contributed by atoms with van der Waals surface area (Å²) in [5.41, 5.74) is 2.41. The molecule has 0 aromatic carbocycles.